The van der Waals surface area contributed by atoms with E-state index in [0.29, 0.717) is 0 Å². The van der Waals surface area contributed by atoms with Crippen molar-refractivity contribution in [3.05, 3.63) is 10.1 Å². The zero-order valence-electron chi connectivity index (χ0n) is 4.71. The molecule has 0 radical (unpaired) electrons. The van der Waals surface area contributed by atoms with Crippen LogP contribution >= 0.6 is 0 Å². The van der Waals surface area contributed by atoms with E-state index < -0.39 is 5.09 Å². The summed E-state index contributed by atoms with van der Waals surface area (Å²) in [5, 5.41) is 13.6. The van der Waals surface area contributed by atoms with Gasteiger partial charge in [0, 0.05) is 0 Å². The molecule has 6 nitrogen and oxygen atoms in total. The third-order valence-electron chi connectivity index (χ3n) is 0.250. The standard InChI is InChI=1S/C2H8N2.HNO3/c1-3-4-2;2-1(3)4/h3-4H,1-2H3;(H,2,3,4). The summed E-state index contributed by atoms with van der Waals surface area (Å²) in [7, 11) is 3.64. The molecule has 6 heteroatoms. The van der Waals surface area contributed by atoms with Crippen molar-refractivity contribution in [2.45, 2.75) is 0 Å². The lowest BCUT2D eigenvalue weighted by atomic mass is 11.4. The second-order valence-corrected chi connectivity index (χ2v) is 0.738. The van der Waals surface area contributed by atoms with Gasteiger partial charge in [0.1, 0.15) is 0 Å². The van der Waals surface area contributed by atoms with Crippen molar-refractivity contribution < 1.29 is 10.3 Å². The summed E-state index contributed by atoms with van der Waals surface area (Å²) in [4.78, 5) is 8.36. The largest absolute Gasteiger partial charge is 0.328 e. The predicted molar refractivity (Wildman–Crippen MR) is 26.9 cm³/mol. The van der Waals surface area contributed by atoms with Gasteiger partial charge in [0.2, 0.25) is 0 Å². The highest BCUT2D eigenvalue weighted by molar-refractivity contribution is 3.99. The van der Waals surface area contributed by atoms with Crippen LogP contribution in [0.5, 0.6) is 0 Å². The van der Waals surface area contributed by atoms with Crippen molar-refractivity contribution in [3.8, 4) is 0 Å². The zero-order chi connectivity index (χ0) is 6.99. The molecule has 0 spiro atoms. The van der Waals surface area contributed by atoms with Gasteiger partial charge < -0.3 is 5.21 Å². The highest BCUT2D eigenvalue weighted by atomic mass is 16.9. The van der Waals surface area contributed by atoms with Gasteiger partial charge in [0.15, 0.2) is 0 Å². The van der Waals surface area contributed by atoms with Gasteiger partial charge in [-0.15, -0.1) is 10.1 Å². The van der Waals surface area contributed by atoms with Crippen LogP contribution in [0.15, 0.2) is 0 Å². The highest BCUT2D eigenvalue weighted by Gasteiger charge is 1.65. The molecule has 0 aliphatic rings. The molecule has 0 unspecified atom stereocenters. The van der Waals surface area contributed by atoms with E-state index in [1.165, 1.54) is 0 Å². The first-order chi connectivity index (χ1) is 3.65. The highest BCUT2D eigenvalue weighted by Crippen LogP contribution is 1.38. The molecule has 3 N–H and O–H groups in total. The summed E-state index contributed by atoms with van der Waals surface area (Å²) in [6.07, 6.45) is 0. The number of nitrogens with zero attached hydrogens (tertiary/aromatic N) is 1. The first-order valence-corrected chi connectivity index (χ1v) is 1.82. The fourth-order valence-electron chi connectivity index (χ4n) is 0. The van der Waals surface area contributed by atoms with E-state index >= 15 is 0 Å². The molecule has 0 aliphatic carbocycles. The van der Waals surface area contributed by atoms with Crippen LogP contribution in [-0.4, -0.2) is 24.4 Å². The molecule has 0 aliphatic heterocycles. The van der Waals surface area contributed by atoms with Crippen molar-refractivity contribution in [1.82, 2.24) is 10.9 Å². The maximum Gasteiger partial charge on any atom is 0.291 e. The average molecular weight is 123 g/mol. The van der Waals surface area contributed by atoms with Crippen LogP contribution in [0, 0.1) is 10.1 Å². The molecule has 0 saturated carbocycles. The second-order valence-electron chi connectivity index (χ2n) is 0.738. The van der Waals surface area contributed by atoms with E-state index in [1.54, 1.807) is 0 Å². The molecule has 0 bridgehead atoms. The molecule has 0 atom stereocenters. The Balaban J connectivity index is 0. The predicted octanol–water partition coefficient (Wildman–Crippen LogP) is -1.01. The lowest BCUT2D eigenvalue weighted by molar-refractivity contribution is -0.742. The van der Waals surface area contributed by atoms with Gasteiger partial charge in [-0.05, 0) is 14.1 Å². The number of hydrogen-bond donors (Lipinski definition) is 3. The maximum absolute atomic E-state index is 8.36. The van der Waals surface area contributed by atoms with Crippen LogP contribution in [0.2, 0.25) is 0 Å². The number of hydrazine groups is 1. The van der Waals surface area contributed by atoms with Gasteiger partial charge in [0.25, 0.3) is 5.09 Å². The van der Waals surface area contributed by atoms with E-state index in [0.717, 1.165) is 0 Å². The van der Waals surface area contributed by atoms with Crippen LogP contribution in [0.3, 0.4) is 0 Å². The maximum atomic E-state index is 8.36. The van der Waals surface area contributed by atoms with E-state index in [1.807, 2.05) is 14.1 Å². The van der Waals surface area contributed by atoms with Gasteiger partial charge in [-0.3, -0.25) is 10.9 Å². The molecule has 8 heavy (non-hydrogen) atoms. The smallest absolute Gasteiger partial charge is 0.291 e. The fourth-order valence-corrected chi connectivity index (χ4v) is 0. The van der Waals surface area contributed by atoms with E-state index in [9.17, 15) is 0 Å². The monoisotopic (exact) mass is 123 g/mol. The molecule has 0 aromatic rings. The van der Waals surface area contributed by atoms with Crippen molar-refractivity contribution in [3.63, 3.8) is 0 Å². The van der Waals surface area contributed by atoms with Crippen molar-refractivity contribution in [1.29, 1.82) is 0 Å². The summed E-state index contributed by atoms with van der Waals surface area (Å²) in [5.74, 6) is 0. The van der Waals surface area contributed by atoms with Gasteiger partial charge in [-0.2, -0.15) is 0 Å². The number of hydrogen-bond acceptors (Lipinski definition) is 4. The third kappa shape index (κ3) is 6040. The van der Waals surface area contributed by atoms with Crippen LogP contribution in [0.25, 0.3) is 0 Å². The minimum atomic E-state index is -1.50. The Morgan fingerprint density at radius 1 is 1.50 bits per heavy atom. The van der Waals surface area contributed by atoms with Gasteiger partial charge in [-0.1, -0.05) is 0 Å². The summed E-state index contributed by atoms with van der Waals surface area (Å²) < 4.78 is 0. The summed E-state index contributed by atoms with van der Waals surface area (Å²) in [5.41, 5.74) is 5.36. The lowest BCUT2D eigenvalue weighted by Crippen LogP contribution is -2.21. The molecular formula is C2H9N3O3. The quantitative estimate of drug-likeness (QED) is 0.307. The Morgan fingerprint density at radius 2 is 1.62 bits per heavy atom. The first-order valence-electron chi connectivity index (χ1n) is 1.82. The van der Waals surface area contributed by atoms with Crippen LogP contribution in [0.4, 0.5) is 0 Å². The normalized spacial score (nSPS) is 6.75. The lowest BCUT2D eigenvalue weighted by Gasteiger charge is -1.81. The molecule has 0 heterocycles. The van der Waals surface area contributed by atoms with E-state index in [-0.39, 0.29) is 0 Å². The minimum Gasteiger partial charge on any atom is -0.328 e. The van der Waals surface area contributed by atoms with Crippen molar-refractivity contribution >= 4 is 0 Å². The number of rotatable bonds is 1. The van der Waals surface area contributed by atoms with Gasteiger partial charge >= 0.3 is 0 Å². The van der Waals surface area contributed by atoms with E-state index in [2.05, 4.69) is 10.9 Å². The van der Waals surface area contributed by atoms with Crippen molar-refractivity contribution in [2.24, 2.45) is 0 Å². The molecule has 0 amide bonds. The summed E-state index contributed by atoms with van der Waals surface area (Å²) >= 11 is 0. The molecule has 0 saturated heterocycles. The molecule has 0 aromatic carbocycles. The molecular weight excluding hydrogens is 114 g/mol. The minimum absolute atomic E-state index is 1.50. The Bertz CT molecular complexity index is 50.5. The number of nitrogens with one attached hydrogen (secondary N) is 2. The second kappa shape index (κ2) is 9.45. The van der Waals surface area contributed by atoms with E-state index in [4.69, 9.17) is 15.3 Å². The SMILES string of the molecule is CNNC.O=[N+]([O-])O. The molecule has 50 valence electrons. The Kier molecular flexibility index (Phi) is 12.0. The van der Waals surface area contributed by atoms with Crippen LogP contribution in [0.1, 0.15) is 0 Å². The first kappa shape index (κ1) is 10.2. The zero-order valence-corrected chi connectivity index (χ0v) is 4.71. The summed E-state index contributed by atoms with van der Waals surface area (Å²) in [6.45, 7) is 0. The van der Waals surface area contributed by atoms with Crippen LogP contribution in [-0.2, 0) is 0 Å². The Morgan fingerprint density at radius 3 is 1.62 bits per heavy atom. The van der Waals surface area contributed by atoms with Gasteiger partial charge in [-0.25, -0.2) is 0 Å². The van der Waals surface area contributed by atoms with Crippen LogP contribution < -0.4 is 10.9 Å². The molecule has 0 aromatic heterocycles. The summed E-state index contributed by atoms with van der Waals surface area (Å²) in [6, 6.07) is 0. The Labute approximate surface area is 46.6 Å². The molecule has 0 fully saturated rings. The topological polar surface area (TPSA) is 87.4 Å². The molecule has 0 rings (SSSR count). The Hall–Kier alpha value is -0.880. The fraction of sp³-hybridized carbons (Fsp3) is 1.00. The average Bonchev–Trinajstić information content (AvgIpc) is 1.65. The van der Waals surface area contributed by atoms with Gasteiger partial charge in [0.05, 0.1) is 0 Å². The van der Waals surface area contributed by atoms with Crippen molar-refractivity contribution in [2.75, 3.05) is 14.1 Å². The third-order valence-corrected chi connectivity index (χ3v) is 0.250.